The number of hydroxylamine groups is 2. The van der Waals surface area contributed by atoms with Crippen molar-refractivity contribution in [3.8, 4) is 11.5 Å². The number of hydrogen-bond donors (Lipinski definition) is 5. The zero-order chi connectivity index (χ0) is 31.9. The number of anilines is 1. The van der Waals surface area contributed by atoms with E-state index in [4.69, 9.17) is 21.3 Å². The molecule has 10 heteroatoms. The van der Waals surface area contributed by atoms with Crippen molar-refractivity contribution in [3.63, 3.8) is 0 Å². The number of ether oxygens (including phenoxy) is 1. The summed E-state index contributed by atoms with van der Waals surface area (Å²) in [5.74, 6) is 1.02. The topological polar surface area (TPSA) is 150 Å². The molecule has 0 bridgehead atoms. The number of aromatic hydroxyl groups is 1. The third kappa shape index (κ3) is 7.78. The first-order valence-corrected chi connectivity index (χ1v) is 15.4. The van der Waals surface area contributed by atoms with Gasteiger partial charge in [0, 0.05) is 55.8 Å². The van der Waals surface area contributed by atoms with E-state index in [1.165, 1.54) is 18.7 Å². The highest BCUT2D eigenvalue weighted by molar-refractivity contribution is 6.27. The second-order valence-corrected chi connectivity index (χ2v) is 11.8. The monoisotopic (exact) mass is 610 g/mol. The van der Waals surface area contributed by atoms with E-state index in [2.05, 4.69) is 21.9 Å². The fourth-order valence-electron chi connectivity index (χ4n) is 6.10. The lowest BCUT2D eigenvalue weighted by Gasteiger charge is -2.48. The van der Waals surface area contributed by atoms with E-state index in [-0.39, 0.29) is 17.3 Å². The Hall–Kier alpha value is -4.51. The molecule has 2 aliphatic rings. The lowest BCUT2D eigenvalue weighted by molar-refractivity contribution is -0.168. The number of phenolic OH excluding ortho intramolecular Hbond substituents is 1. The average molecular weight is 611 g/mol. The van der Waals surface area contributed by atoms with Gasteiger partial charge in [-0.3, -0.25) is 10.3 Å². The van der Waals surface area contributed by atoms with E-state index in [1.54, 1.807) is 24.3 Å². The smallest absolute Gasteiger partial charge is 0.174 e. The number of aldehydes is 1. The Morgan fingerprint density at radius 2 is 1.71 bits per heavy atom. The van der Waals surface area contributed by atoms with Crippen LogP contribution in [-0.4, -0.2) is 83.6 Å². The molecule has 2 fully saturated rings. The Bertz CT molecular complexity index is 1510. The fourth-order valence-corrected chi connectivity index (χ4v) is 6.10. The van der Waals surface area contributed by atoms with Crippen LogP contribution in [0.5, 0.6) is 11.5 Å². The van der Waals surface area contributed by atoms with Crippen LogP contribution in [0.3, 0.4) is 0 Å². The summed E-state index contributed by atoms with van der Waals surface area (Å²) >= 11 is 0. The molecule has 0 radical (unpaired) electrons. The minimum atomic E-state index is -0.568. The SMILES string of the molecule is CN(O)C(CCC=O)Oc1ccc(N2CC(N3CCC(c4ccc(/C(=C/C(=N)c5ccccc5O)C(=N)N)cc4)CC3)C2)cc1. The van der Waals surface area contributed by atoms with Crippen LogP contribution in [0.1, 0.15) is 48.3 Å². The molecule has 2 heterocycles. The molecular weight excluding hydrogens is 568 g/mol. The Labute approximate surface area is 264 Å². The number of allylic oxidation sites excluding steroid dienone is 1. The number of nitrogens with two attached hydrogens (primary N) is 1. The second-order valence-electron chi connectivity index (χ2n) is 11.8. The molecule has 6 N–H and O–H groups in total. The van der Waals surface area contributed by atoms with Crippen LogP contribution in [0.25, 0.3) is 5.57 Å². The van der Waals surface area contributed by atoms with E-state index in [9.17, 15) is 15.1 Å². The number of rotatable bonds is 13. The summed E-state index contributed by atoms with van der Waals surface area (Å²) in [6.45, 7) is 4.06. The van der Waals surface area contributed by atoms with Gasteiger partial charge in [0.1, 0.15) is 23.6 Å². The maximum atomic E-state index is 10.7. The summed E-state index contributed by atoms with van der Waals surface area (Å²) in [7, 11) is 1.52. The van der Waals surface area contributed by atoms with Crippen LogP contribution in [0.15, 0.2) is 78.9 Å². The maximum absolute atomic E-state index is 10.7. The van der Waals surface area contributed by atoms with Crippen LogP contribution >= 0.6 is 0 Å². The number of nitrogens with one attached hydrogen (secondary N) is 2. The highest BCUT2D eigenvalue weighted by Crippen LogP contribution is 2.33. The zero-order valence-electron chi connectivity index (χ0n) is 25.6. The molecule has 5 rings (SSSR count). The number of piperidine rings is 1. The van der Waals surface area contributed by atoms with Gasteiger partial charge in [0.15, 0.2) is 6.23 Å². The molecule has 0 aromatic heterocycles. The van der Waals surface area contributed by atoms with Gasteiger partial charge in [0.2, 0.25) is 0 Å². The molecule has 1 atom stereocenters. The highest BCUT2D eigenvalue weighted by atomic mass is 16.6. The Balaban J connectivity index is 1.11. The van der Waals surface area contributed by atoms with Crippen molar-refractivity contribution in [3.05, 3.63) is 95.6 Å². The number of phenols is 1. The number of benzene rings is 3. The van der Waals surface area contributed by atoms with Gasteiger partial charge in [-0.1, -0.05) is 36.4 Å². The average Bonchev–Trinajstić information content (AvgIpc) is 3.02. The standard InChI is InChI=1S/C35H42N6O4/c1-39(44)34(7-4-20-42)45-29-14-12-27(13-15-29)41-22-28(23-41)40-18-16-25(17-19-40)24-8-10-26(11-9-24)31(35(37)38)21-32(36)30-5-2-3-6-33(30)43/h2-3,5-6,8-15,20-21,25,28,34,36,43-44H,4,7,16-19,22-23H2,1H3,(H3,37,38)/b31-21-,36-32?. The molecule has 10 nitrogen and oxygen atoms in total. The van der Waals surface area contributed by atoms with E-state index in [1.807, 2.05) is 36.4 Å². The van der Waals surface area contributed by atoms with Gasteiger partial charge < -0.3 is 35.9 Å². The first-order valence-electron chi connectivity index (χ1n) is 15.4. The molecule has 0 saturated carbocycles. The maximum Gasteiger partial charge on any atom is 0.174 e. The van der Waals surface area contributed by atoms with Gasteiger partial charge in [-0.05, 0) is 85.5 Å². The second kappa shape index (κ2) is 14.5. The molecule has 0 amide bonds. The summed E-state index contributed by atoms with van der Waals surface area (Å²) in [6.07, 6.45) is 4.70. The molecule has 0 aliphatic carbocycles. The van der Waals surface area contributed by atoms with Gasteiger partial charge >= 0.3 is 0 Å². The molecule has 2 saturated heterocycles. The van der Waals surface area contributed by atoms with Crippen molar-refractivity contribution >= 4 is 29.1 Å². The van der Waals surface area contributed by atoms with Gasteiger partial charge in [-0.25, -0.2) is 0 Å². The number of carbonyl (C=O) groups is 1. The number of nitrogens with zero attached hydrogens (tertiary/aromatic N) is 3. The molecule has 2 aliphatic heterocycles. The van der Waals surface area contributed by atoms with Gasteiger partial charge in [-0.15, -0.1) is 0 Å². The number of amidine groups is 1. The van der Waals surface area contributed by atoms with Crippen LogP contribution in [0.4, 0.5) is 5.69 Å². The number of likely N-dealkylation sites (tertiary alicyclic amines) is 1. The Morgan fingerprint density at radius 1 is 1.04 bits per heavy atom. The molecule has 3 aromatic rings. The number of para-hydroxylation sites is 1. The lowest BCUT2D eigenvalue weighted by Crippen LogP contribution is -2.60. The third-order valence-electron chi connectivity index (χ3n) is 8.80. The highest BCUT2D eigenvalue weighted by Gasteiger charge is 2.34. The summed E-state index contributed by atoms with van der Waals surface area (Å²) in [5.41, 5.74) is 10.0. The lowest BCUT2D eigenvalue weighted by atomic mass is 9.87. The summed E-state index contributed by atoms with van der Waals surface area (Å²) < 4.78 is 5.85. The fraction of sp³-hybridized carbons (Fsp3) is 0.343. The molecular formula is C35H42N6O4. The number of hydrogen-bond acceptors (Lipinski definition) is 9. The Kier molecular flexibility index (Phi) is 10.3. The normalized spacial score (nSPS) is 17.1. The largest absolute Gasteiger partial charge is 0.507 e. The molecule has 3 aromatic carbocycles. The summed E-state index contributed by atoms with van der Waals surface area (Å²) in [5, 5.41) is 37.4. The van der Waals surface area contributed by atoms with Gasteiger partial charge in [0.25, 0.3) is 0 Å². The van der Waals surface area contributed by atoms with Crippen molar-refractivity contribution in [1.82, 2.24) is 9.96 Å². The molecule has 1 unspecified atom stereocenters. The minimum Gasteiger partial charge on any atom is -0.507 e. The van der Waals surface area contributed by atoms with E-state index < -0.39 is 6.23 Å². The zero-order valence-corrected chi connectivity index (χ0v) is 25.6. The van der Waals surface area contributed by atoms with E-state index >= 15 is 0 Å². The van der Waals surface area contributed by atoms with Crippen molar-refractivity contribution in [1.29, 1.82) is 10.8 Å². The van der Waals surface area contributed by atoms with Crippen molar-refractivity contribution < 1.29 is 19.8 Å². The van der Waals surface area contributed by atoms with Crippen LogP contribution in [0, 0.1) is 10.8 Å². The predicted octanol–water partition coefficient (Wildman–Crippen LogP) is 4.85. The molecule has 45 heavy (non-hydrogen) atoms. The van der Waals surface area contributed by atoms with E-state index in [0.29, 0.717) is 41.7 Å². The summed E-state index contributed by atoms with van der Waals surface area (Å²) in [6, 6.07) is 23.3. The molecule has 0 spiro atoms. The first-order chi connectivity index (χ1) is 21.7. The number of carbonyl (C=O) groups excluding carboxylic acids is 1. The third-order valence-corrected chi connectivity index (χ3v) is 8.80. The van der Waals surface area contributed by atoms with Gasteiger partial charge in [0.05, 0.1) is 5.71 Å². The van der Waals surface area contributed by atoms with Crippen molar-refractivity contribution in [2.24, 2.45) is 5.73 Å². The van der Waals surface area contributed by atoms with Crippen LogP contribution in [0.2, 0.25) is 0 Å². The van der Waals surface area contributed by atoms with Crippen molar-refractivity contribution in [2.45, 2.75) is 43.9 Å². The minimum absolute atomic E-state index is 0.0206. The van der Waals surface area contributed by atoms with Crippen LogP contribution < -0.4 is 15.4 Å². The first kappa shape index (κ1) is 31.9. The van der Waals surface area contributed by atoms with Crippen molar-refractivity contribution in [2.75, 3.05) is 38.1 Å². The van der Waals surface area contributed by atoms with Gasteiger partial charge in [-0.2, -0.15) is 5.06 Å². The predicted molar refractivity (Wildman–Crippen MR) is 177 cm³/mol. The Morgan fingerprint density at radius 3 is 2.31 bits per heavy atom. The quantitative estimate of drug-likeness (QED) is 0.0606. The van der Waals surface area contributed by atoms with Crippen LogP contribution in [-0.2, 0) is 4.79 Å². The summed E-state index contributed by atoms with van der Waals surface area (Å²) in [4.78, 5) is 15.7. The van der Waals surface area contributed by atoms with E-state index in [0.717, 1.165) is 61.6 Å². The molecule has 236 valence electrons.